The van der Waals surface area contributed by atoms with Gasteiger partial charge in [0.1, 0.15) is 0 Å². The summed E-state index contributed by atoms with van der Waals surface area (Å²) in [6, 6.07) is 0. The van der Waals surface area contributed by atoms with Crippen molar-refractivity contribution in [3.63, 3.8) is 0 Å². The summed E-state index contributed by atoms with van der Waals surface area (Å²) in [7, 11) is -1.13. The number of piperidine rings is 1. The molecule has 0 amide bonds. The van der Waals surface area contributed by atoms with Crippen molar-refractivity contribution in [1.29, 1.82) is 0 Å². The lowest BCUT2D eigenvalue weighted by Crippen LogP contribution is -2.35. The molecule has 1 heterocycles. The molecule has 1 aliphatic rings. The van der Waals surface area contributed by atoms with Crippen molar-refractivity contribution >= 4 is 10.0 Å². The number of hydrogen-bond donors (Lipinski definition) is 2. The number of nitrogens with zero attached hydrogens (tertiary/aromatic N) is 1. The summed E-state index contributed by atoms with van der Waals surface area (Å²) in [5.74, 6) is 0.818. The molecule has 0 unspecified atom stereocenters. The van der Waals surface area contributed by atoms with Crippen LogP contribution in [0.2, 0.25) is 0 Å². The molecule has 1 saturated heterocycles. The number of primary sulfonamides is 1. The van der Waals surface area contributed by atoms with Crippen molar-refractivity contribution in [2.24, 2.45) is 11.1 Å². The normalized spacial score (nSPS) is 20.1. The number of nitrogens with two attached hydrogens (primary N) is 1. The minimum absolute atomic E-state index is 0.0768. The van der Waals surface area contributed by atoms with Crippen LogP contribution in [0.3, 0.4) is 0 Å². The van der Waals surface area contributed by atoms with Crippen molar-refractivity contribution < 1.29 is 8.42 Å². The van der Waals surface area contributed by atoms with E-state index >= 15 is 0 Å². The van der Waals surface area contributed by atoms with Crippen LogP contribution >= 0.6 is 0 Å². The van der Waals surface area contributed by atoms with E-state index in [1.54, 1.807) is 0 Å². The summed E-state index contributed by atoms with van der Waals surface area (Å²) in [5.41, 5.74) is 0. The standard InChI is InChI=1S/C10H23N3O2S/c1-13-6-3-10(4-7-13)9-12-5-2-8-16(11,14)15/h10,12H,2-9H2,1H3,(H2,11,14,15). The quantitative estimate of drug-likeness (QED) is 0.628. The Morgan fingerprint density at radius 2 is 2.00 bits per heavy atom. The predicted octanol–water partition coefficient (Wildman–Crippen LogP) is -0.404. The van der Waals surface area contributed by atoms with Gasteiger partial charge in [-0.15, -0.1) is 0 Å². The molecule has 0 spiro atoms. The molecule has 3 N–H and O–H groups in total. The van der Waals surface area contributed by atoms with Crippen molar-refractivity contribution in [1.82, 2.24) is 10.2 Å². The molecule has 0 radical (unpaired) electrons. The molecule has 0 aliphatic carbocycles. The lowest BCUT2D eigenvalue weighted by atomic mass is 9.97. The third-order valence-electron chi connectivity index (χ3n) is 3.05. The van der Waals surface area contributed by atoms with E-state index in [9.17, 15) is 8.42 Å². The number of rotatable bonds is 6. The van der Waals surface area contributed by atoms with Crippen LogP contribution in [0.15, 0.2) is 0 Å². The molecule has 0 bridgehead atoms. The predicted molar refractivity (Wildman–Crippen MR) is 65.7 cm³/mol. The lowest BCUT2D eigenvalue weighted by molar-refractivity contribution is 0.216. The average molecular weight is 249 g/mol. The fourth-order valence-corrected chi connectivity index (χ4v) is 2.52. The van der Waals surface area contributed by atoms with Crippen LogP contribution in [0.1, 0.15) is 19.3 Å². The van der Waals surface area contributed by atoms with Gasteiger partial charge in [-0.1, -0.05) is 0 Å². The maximum absolute atomic E-state index is 10.7. The fourth-order valence-electron chi connectivity index (χ4n) is 1.97. The van der Waals surface area contributed by atoms with E-state index < -0.39 is 10.0 Å². The molecule has 96 valence electrons. The SMILES string of the molecule is CN1CCC(CNCCCS(N)(=O)=O)CC1. The van der Waals surface area contributed by atoms with Gasteiger partial charge < -0.3 is 10.2 Å². The second-order valence-corrected chi connectivity index (χ2v) is 6.41. The van der Waals surface area contributed by atoms with E-state index in [-0.39, 0.29) is 5.75 Å². The van der Waals surface area contributed by atoms with Gasteiger partial charge in [0.25, 0.3) is 0 Å². The molecule has 0 aromatic rings. The number of likely N-dealkylation sites (tertiary alicyclic amines) is 1. The van der Waals surface area contributed by atoms with Crippen molar-refractivity contribution in [2.75, 3.05) is 39.0 Å². The van der Waals surface area contributed by atoms with Crippen LogP contribution in [-0.2, 0) is 10.0 Å². The smallest absolute Gasteiger partial charge is 0.209 e. The first-order valence-electron chi connectivity index (χ1n) is 5.87. The summed E-state index contributed by atoms with van der Waals surface area (Å²) >= 11 is 0. The zero-order valence-electron chi connectivity index (χ0n) is 9.98. The molecule has 0 saturated carbocycles. The van der Waals surface area contributed by atoms with Crippen molar-refractivity contribution in [3.8, 4) is 0 Å². The van der Waals surface area contributed by atoms with Gasteiger partial charge in [-0.2, -0.15) is 0 Å². The van der Waals surface area contributed by atoms with E-state index in [0.717, 1.165) is 19.0 Å². The largest absolute Gasteiger partial charge is 0.316 e. The molecule has 1 fully saturated rings. The fraction of sp³-hybridized carbons (Fsp3) is 1.00. The molecule has 5 nitrogen and oxygen atoms in total. The first-order valence-corrected chi connectivity index (χ1v) is 7.58. The van der Waals surface area contributed by atoms with Crippen molar-refractivity contribution in [3.05, 3.63) is 0 Å². The van der Waals surface area contributed by atoms with Gasteiger partial charge >= 0.3 is 0 Å². The maximum Gasteiger partial charge on any atom is 0.209 e. The third kappa shape index (κ3) is 6.42. The highest BCUT2D eigenvalue weighted by molar-refractivity contribution is 7.89. The van der Waals surface area contributed by atoms with Gasteiger partial charge in [0.2, 0.25) is 10.0 Å². The average Bonchev–Trinajstić information content (AvgIpc) is 2.19. The highest BCUT2D eigenvalue weighted by Gasteiger charge is 2.15. The topological polar surface area (TPSA) is 75.4 Å². The van der Waals surface area contributed by atoms with Crippen LogP contribution in [0, 0.1) is 5.92 Å². The molecular weight excluding hydrogens is 226 g/mol. The Morgan fingerprint density at radius 3 is 2.56 bits per heavy atom. The molecule has 0 atom stereocenters. The van der Waals surface area contributed by atoms with Gasteiger partial charge in [-0.05, 0) is 58.4 Å². The maximum atomic E-state index is 10.7. The molecular formula is C10H23N3O2S. The first kappa shape index (κ1) is 13.9. The molecule has 16 heavy (non-hydrogen) atoms. The minimum atomic E-state index is -3.28. The highest BCUT2D eigenvalue weighted by atomic mass is 32.2. The van der Waals surface area contributed by atoms with E-state index in [1.165, 1.54) is 25.9 Å². The molecule has 1 rings (SSSR count). The Hall–Kier alpha value is -0.170. The Kier molecular flexibility index (Phi) is 5.68. The number of hydrogen-bond acceptors (Lipinski definition) is 4. The van der Waals surface area contributed by atoms with Crippen molar-refractivity contribution in [2.45, 2.75) is 19.3 Å². The number of nitrogens with one attached hydrogen (secondary N) is 1. The van der Waals surface area contributed by atoms with Crippen LogP contribution < -0.4 is 10.5 Å². The zero-order valence-corrected chi connectivity index (χ0v) is 10.8. The Labute approximate surface area is 98.4 Å². The van der Waals surface area contributed by atoms with Crippen LogP contribution in [0.4, 0.5) is 0 Å². The zero-order chi connectivity index (χ0) is 12.0. The van der Waals surface area contributed by atoms with Crippen LogP contribution in [-0.4, -0.2) is 52.3 Å². The lowest BCUT2D eigenvalue weighted by Gasteiger charge is -2.29. The summed E-state index contributed by atoms with van der Waals surface area (Å²) in [4.78, 5) is 2.34. The van der Waals surface area contributed by atoms with Crippen LogP contribution in [0.25, 0.3) is 0 Å². The molecule has 6 heteroatoms. The second-order valence-electron chi connectivity index (χ2n) is 4.67. The molecule has 1 aliphatic heterocycles. The van der Waals surface area contributed by atoms with E-state index in [1.807, 2.05) is 0 Å². The minimum Gasteiger partial charge on any atom is -0.316 e. The van der Waals surface area contributed by atoms with Gasteiger partial charge in [-0.3, -0.25) is 0 Å². The molecule has 0 aromatic carbocycles. The monoisotopic (exact) mass is 249 g/mol. The summed E-state index contributed by atoms with van der Waals surface area (Å²) < 4.78 is 21.4. The summed E-state index contributed by atoms with van der Waals surface area (Å²) in [6.07, 6.45) is 3.07. The van der Waals surface area contributed by atoms with Gasteiger partial charge in [-0.25, -0.2) is 13.6 Å². The highest BCUT2D eigenvalue weighted by Crippen LogP contribution is 2.14. The number of sulfonamides is 1. The van der Waals surface area contributed by atoms with E-state index in [0.29, 0.717) is 6.42 Å². The molecule has 0 aromatic heterocycles. The summed E-state index contributed by atoms with van der Waals surface area (Å²) in [5, 5.41) is 8.22. The Morgan fingerprint density at radius 1 is 1.38 bits per heavy atom. The van der Waals surface area contributed by atoms with Gasteiger partial charge in [0.15, 0.2) is 0 Å². The third-order valence-corrected chi connectivity index (χ3v) is 3.91. The first-order chi connectivity index (χ1) is 7.47. The Bertz CT molecular complexity index is 284. The van der Waals surface area contributed by atoms with Gasteiger partial charge in [0.05, 0.1) is 5.75 Å². The van der Waals surface area contributed by atoms with E-state index in [2.05, 4.69) is 17.3 Å². The van der Waals surface area contributed by atoms with E-state index in [4.69, 9.17) is 5.14 Å². The summed E-state index contributed by atoms with van der Waals surface area (Å²) in [6.45, 7) is 4.08. The Balaban J connectivity index is 1.99. The van der Waals surface area contributed by atoms with Gasteiger partial charge in [0, 0.05) is 0 Å². The van der Waals surface area contributed by atoms with Crippen LogP contribution in [0.5, 0.6) is 0 Å². The second kappa shape index (κ2) is 6.54.